The third-order valence-corrected chi connectivity index (χ3v) is 2.05. The third-order valence-electron chi connectivity index (χ3n) is 1.83. The predicted octanol–water partition coefficient (Wildman–Crippen LogP) is 2.81. The van der Waals surface area contributed by atoms with Crippen LogP contribution in [-0.4, -0.2) is 10.1 Å². The molecule has 72 valence electrons. The van der Waals surface area contributed by atoms with Gasteiger partial charge >= 0.3 is 0 Å². The lowest BCUT2D eigenvalue weighted by atomic mass is 10.0. The van der Waals surface area contributed by atoms with Gasteiger partial charge in [-0.2, -0.15) is 0 Å². The van der Waals surface area contributed by atoms with Gasteiger partial charge in [0.25, 0.3) is 0 Å². The summed E-state index contributed by atoms with van der Waals surface area (Å²) in [7, 11) is 0. The van der Waals surface area contributed by atoms with E-state index < -0.39 is 6.10 Å². The normalized spacial score (nSPS) is 13.3. The molecule has 0 radical (unpaired) electrons. The molecule has 1 aromatic rings. The molecule has 0 aliphatic carbocycles. The molecule has 3 heteroatoms. The Balaban J connectivity index is 2.66. The molecule has 1 N–H and O–H groups in total. The van der Waals surface area contributed by atoms with Gasteiger partial charge in [0, 0.05) is 6.20 Å². The molecule has 13 heavy (non-hydrogen) atoms. The Morgan fingerprint density at radius 3 is 2.62 bits per heavy atom. The van der Waals surface area contributed by atoms with E-state index in [1.807, 2.05) is 6.07 Å². The lowest BCUT2D eigenvalue weighted by Gasteiger charge is -2.12. The smallest absolute Gasteiger partial charge is 0.129 e. The molecule has 0 amide bonds. The van der Waals surface area contributed by atoms with Gasteiger partial charge in [0.05, 0.1) is 6.10 Å². The zero-order chi connectivity index (χ0) is 9.84. The van der Waals surface area contributed by atoms with Gasteiger partial charge in [-0.3, -0.25) is 0 Å². The number of hydrogen-bond donors (Lipinski definition) is 1. The largest absolute Gasteiger partial charge is 0.388 e. The molecule has 1 atom stereocenters. The summed E-state index contributed by atoms with van der Waals surface area (Å²) in [5.41, 5.74) is 0.832. The molecule has 0 aliphatic heterocycles. The minimum atomic E-state index is -0.426. The Hall–Kier alpha value is -0.600. The number of aliphatic hydroxyl groups is 1. The van der Waals surface area contributed by atoms with Crippen molar-refractivity contribution in [1.29, 1.82) is 0 Å². The van der Waals surface area contributed by atoms with E-state index in [9.17, 15) is 5.11 Å². The Morgan fingerprint density at radius 1 is 1.46 bits per heavy atom. The molecule has 0 saturated heterocycles. The van der Waals surface area contributed by atoms with E-state index in [0.717, 1.165) is 12.0 Å². The minimum absolute atomic E-state index is 0.426. The second-order valence-corrected chi connectivity index (χ2v) is 3.95. The molecule has 0 saturated carbocycles. The van der Waals surface area contributed by atoms with Gasteiger partial charge in [0.1, 0.15) is 5.15 Å². The summed E-state index contributed by atoms with van der Waals surface area (Å²) >= 11 is 5.63. The van der Waals surface area contributed by atoms with Gasteiger partial charge < -0.3 is 5.11 Å². The van der Waals surface area contributed by atoms with E-state index in [2.05, 4.69) is 18.8 Å². The first-order chi connectivity index (χ1) is 6.09. The van der Waals surface area contributed by atoms with Crippen LogP contribution in [0.3, 0.4) is 0 Å². The van der Waals surface area contributed by atoms with E-state index in [-0.39, 0.29) is 0 Å². The zero-order valence-electron chi connectivity index (χ0n) is 7.87. The number of nitrogens with zero attached hydrogens (tertiary/aromatic N) is 1. The molecule has 0 aliphatic rings. The number of rotatable bonds is 3. The zero-order valence-corrected chi connectivity index (χ0v) is 8.62. The van der Waals surface area contributed by atoms with Crippen LogP contribution < -0.4 is 0 Å². The van der Waals surface area contributed by atoms with Gasteiger partial charge in [-0.1, -0.05) is 31.5 Å². The highest BCUT2D eigenvalue weighted by molar-refractivity contribution is 6.29. The quantitative estimate of drug-likeness (QED) is 0.760. The second-order valence-electron chi connectivity index (χ2n) is 3.56. The highest BCUT2D eigenvalue weighted by Crippen LogP contribution is 2.20. The van der Waals surface area contributed by atoms with Crippen LogP contribution >= 0.6 is 11.6 Å². The van der Waals surface area contributed by atoms with Gasteiger partial charge in [-0.25, -0.2) is 4.98 Å². The summed E-state index contributed by atoms with van der Waals surface area (Å²) in [5.74, 6) is 0.477. The molecule has 1 heterocycles. The van der Waals surface area contributed by atoms with E-state index >= 15 is 0 Å². The van der Waals surface area contributed by atoms with E-state index in [1.54, 1.807) is 12.3 Å². The molecule has 0 fully saturated rings. The van der Waals surface area contributed by atoms with Gasteiger partial charge in [-0.05, 0) is 24.0 Å². The van der Waals surface area contributed by atoms with Crippen LogP contribution in [0.25, 0.3) is 0 Å². The number of aliphatic hydroxyl groups excluding tert-OH is 1. The number of pyridine rings is 1. The highest BCUT2D eigenvalue weighted by atomic mass is 35.5. The van der Waals surface area contributed by atoms with Crippen molar-refractivity contribution in [2.45, 2.75) is 26.4 Å². The summed E-state index contributed by atoms with van der Waals surface area (Å²) in [4.78, 5) is 3.91. The molecule has 1 rings (SSSR count). The van der Waals surface area contributed by atoms with Crippen LogP contribution in [0.4, 0.5) is 0 Å². The van der Waals surface area contributed by atoms with Gasteiger partial charge in [0.15, 0.2) is 0 Å². The Labute approximate surface area is 83.6 Å². The van der Waals surface area contributed by atoms with Crippen molar-refractivity contribution >= 4 is 11.6 Å². The molecule has 1 aromatic heterocycles. The van der Waals surface area contributed by atoms with Crippen molar-refractivity contribution in [2.75, 3.05) is 0 Å². The maximum absolute atomic E-state index is 9.70. The maximum atomic E-state index is 9.70. The monoisotopic (exact) mass is 199 g/mol. The summed E-state index contributed by atoms with van der Waals surface area (Å²) in [5, 5.41) is 10.2. The van der Waals surface area contributed by atoms with Crippen LogP contribution in [0.2, 0.25) is 5.15 Å². The van der Waals surface area contributed by atoms with Gasteiger partial charge in [-0.15, -0.1) is 0 Å². The van der Waals surface area contributed by atoms with Crippen molar-refractivity contribution in [3.63, 3.8) is 0 Å². The van der Waals surface area contributed by atoms with Crippen LogP contribution in [-0.2, 0) is 0 Å². The van der Waals surface area contributed by atoms with Crippen molar-refractivity contribution in [1.82, 2.24) is 4.98 Å². The summed E-state index contributed by atoms with van der Waals surface area (Å²) in [6.45, 7) is 4.15. The molecule has 0 bridgehead atoms. The molecule has 1 unspecified atom stereocenters. The van der Waals surface area contributed by atoms with Crippen LogP contribution in [0.5, 0.6) is 0 Å². The summed E-state index contributed by atoms with van der Waals surface area (Å²) < 4.78 is 0. The lowest BCUT2D eigenvalue weighted by molar-refractivity contribution is 0.150. The van der Waals surface area contributed by atoms with Gasteiger partial charge in [0.2, 0.25) is 0 Å². The van der Waals surface area contributed by atoms with Crippen molar-refractivity contribution in [3.05, 3.63) is 29.0 Å². The fraction of sp³-hybridized carbons (Fsp3) is 0.500. The van der Waals surface area contributed by atoms with E-state index in [0.29, 0.717) is 11.1 Å². The SMILES string of the molecule is CC(C)CC(O)c1ccc(Cl)nc1. The molecule has 2 nitrogen and oxygen atoms in total. The fourth-order valence-electron chi connectivity index (χ4n) is 1.17. The second kappa shape index (κ2) is 4.58. The van der Waals surface area contributed by atoms with E-state index in [4.69, 9.17) is 11.6 Å². The van der Waals surface area contributed by atoms with Crippen LogP contribution in [0.1, 0.15) is 31.9 Å². The number of hydrogen-bond acceptors (Lipinski definition) is 2. The third kappa shape index (κ3) is 3.33. The number of halogens is 1. The molecule has 0 spiro atoms. The molecular formula is C10H14ClNO. The van der Waals surface area contributed by atoms with E-state index in [1.165, 1.54) is 0 Å². The highest BCUT2D eigenvalue weighted by Gasteiger charge is 2.09. The standard InChI is InChI=1S/C10H14ClNO/c1-7(2)5-9(13)8-3-4-10(11)12-6-8/h3-4,6-7,9,13H,5H2,1-2H3. The number of aromatic nitrogens is 1. The van der Waals surface area contributed by atoms with Crippen LogP contribution in [0, 0.1) is 5.92 Å². The van der Waals surface area contributed by atoms with Crippen LogP contribution in [0.15, 0.2) is 18.3 Å². The summed E-state index contributed by atoms with van der Waals surface area (Å²) in [6, 6.07) is 3.50. The first kappa shape index (κ1) is 10.5. The first-order valence-electron chi connectivity index (χ1n) is 4.39. The Morgan fingerprint density at radius 2 is 2.15 bits per heavy atom. The Kier molecular flexibility index (Phi) is 3.70. The fourth-order valence-corrected chi connectivity index (χ4v) is 1.28. The maximum Gasteiger partial charge on any atom is 0.129 e. The average Bonchev–Trinajstić information content (AvgIpc) is 2.04. The first-order valence-corrected chi connectivity index (χ1v) is 4.77. The predicted molar refractivity (Wildman–Crippen MR) is 53.7 cm³/mol. The topological polar surface area (TPSA) is 33.1 Å². The van der Waals surface area contributed by atoms with Crippen molar-refractivity contribution < 1.29 is 5.11 Å². The molecule has 0 aromatic carbocycles. The Bertz CT molecular complexity index is 258. The van der Waals surface area contributed by atoms with Crippen molar-refractivity contribution in [2.24, 2.45) is 5.92 Å². The van der Waals surface area contributed by atoms with Crippen molar-refractivity contribution in [3.8, 4) is 0 Å². The lowest BCUT2D eigenvalue weighted by Crippen LogP contribution is -2.02. The minimum Gasteiger partial charge on any atom is -0.388 e. The molecular weight excluding hydrogens is 186 g/mol. The average molecular weight is 200 g/mol. The summed E-state index contributed by atoms with van der Waals surface area (Å²) in [6.07, 6.45) is 1.95.